The van der Waals surface area contributed by atoms with E-state index in [2.05, 4.69) is 22.8 Å². The minimum atomic E-state index is -0.0163. The Kier molecular flexibility index (Phi) is 4.85. The normalized spacial score (nSPS) is 11.7. The number of rotatable bonds is 5. The summed E-state index contributed by atoms with van der Waals surface area (Å²) in [6.45, 7) is 3.56. The van der Waals surface area contributed by atoms with Gasteiger partial charge >= 0.3 is 0 Å². The number of carbonyl (C=O) groups excluding carboxylic acids is 1. The van der Waals surface area contributed by atoms with Crippen LogP contribution in [0.15, 0.2) is 48.7 Å². The lowest BCUT2D eigenvalue weighted by atomic mass is 9.91. The van der Waals surface area contributed by atoms with Crippen molar-refractivity contribution in [1.82, 2.24) is 4.57 Å². The van der Waals surface area contributed by atoms with Crippen LogP contribution in [-0.2, 0) is 11.8 Å². The van der Waals surface area contributed by atoms with E-state index in [1.165, 1.54) is 0 Å². The highest BCUT2D eigenvalue weighted by Crippen LogP contribution is 2.40. The smallest absolute Gasteiger partial charge is 0.168 e. The molecule has 1 heterocycles. The number of ether oxygens (including phenoxy) is 2. The zero-order valence-electron chi connectivity index (χ0n) is 15.8. The maximum atomic E-state index is 12.0. The van der Waals surface area contributed by atoms with Gasteiger partial charge in [-0.2, -0.15) is 0 Å². The molecule has 0 bridgehead atoms. The monoisotopic (exact) mass is 349 g/mol. The predicted molar refractivity (Wildman–Crippen MR) is 105 cm³/mol. The first-order valence-electron chi connectivity index (χ1n) is 8.46. The Balaban J connectivity index is 2.29. The maximum absolute atomic E-state index is 12.0. The molecule has 0 radical (unpaired) electrons. The quantitative estimate of drug-likeness (QED) is 0.636. The van der Waals surface area contributed by atoms with E-state index in [1.807, 2.05) is 38.4 Å². The zero-order chi connectivity index (χ0) is 18.8. The molecule has 4 nitrogen and oxygen atoms in total. The van der Waals surface area contributed by atoms with E-state index >= 15 is 0 Å². The average molecular weight is 349 g/mol. The van der Waals surface area contributed by atoms with Crippen LogP contribution in [0.1, 0.15) is 23.6 Å². The summed E-state index contributed by atoms with van der Waals surface area (Å²) in [5.41, 5.74) is 4.83. The number of allylic oxidation sites excluding steroid dienone is 1. The van der Waals surface area contributed by atoms with Gasteiger partial charge in [-0.15, -0.1) is 0 Å². The summed E-state index contributed by atoms with van der Waals surface area (Å²) in [6.07, 6.45) is 3.69. The molecule has 0 amide bonds. The summed E-state index contributed by atoms with van der Waals surface area (Å²) in [5.74, 6) is 1.26. The van der Waals surface area contributed by atoms with E-state index in [0.29, 0.717) is 11.5 Å². The highest BCUT2D eigenvalue weighted by Gasteiger charge is 2.19. The predicted octanol–water partition coefficient (Wildman–Crippen LogP) is 4.52. The van der Waals surface area contributed by atoms with Gasteiger partial charge in [0.05, 0.1) is 14.2 Å². The van der Waals surface area contributed by atoms with Crippen molar-refractivity contribution in [2.75, 3.05) is 14.2 Å². The molecule has 0 aliphatic heterocycles. The third kappa shape index (κ3) is 3.10. The van der Waals surface area contributed by atoms with E-state index in [4.69, 9.17) is 9.47 Å². The molecule has 1 aromatic heterocycles. The lowest BCUT2D eigenvalue weighted by molar-refractivity contribution is -0.112. The van der Waals surface area contributed by atoms with Crippen LogP contribution >= 0.6 is 0 Å². The summed E-state index contributed by atoms with van der Waals surface area (Å²) in [4.78, 5) is 12.0. The SMILES string of the molecule is COc1ccc(C)c(C(=CC(C)=O)c2ccc3c(ccn3C)c2)c1OC. The summed E-state index contributed by atoms with van der Waals surface area (Å²) >= 11 is 0. The zero-order valence-corrected chi connectivity index (χ0v) is 15.8. The van der Waals surface area contributed by atoms with E-state index in [9.17, 15) is 4.79 Å². The van der Waals surface area contributed by atoms with Crippen LogP contribution in [0.3, 0.4) is 0 Å². The molecule has 0 unspecified atom stereocenters. The fourth-order valence-corrected chi connectivity index (χ4v) is 3.31. The standard InChI is InChI=1S/C22H23NO3/c1-14-6-9-20(25-4)22(26-5)21(14)18(12-15(2)24)16-7-8-19-17(13-16)10-11-23(19)3/h6-13H,1-5H3. The van der Waals surface area contributed by atoms with E-state index in [0.717, 1.165) is 33.2 Å². The lowest BCUT2D eigenvalue weighted by Crippen LogP contribution is -2.01. The van der Waals surface area contributed by atoms with Crippen molar-refractivity contribution in [2.24, 2.45) is 7.05 Å². The fraction of sp³-hybridized carbons (Fsp3) is 0.227. The first-order chi connectivity index (χ1) is 12.5. The highest BCUT2D eigenvalue weighted by molar-refractivity contribution is 6.02. The molecule has 0 saturated carbocycles. The number of benzene rings is 2. The van der Waals surface area contributed by atoms with Crippen LogP contribution in [-0.4, -0.2) is 24.6 Å². The van der Waals surface area contributed by atoms with Crippen molar-refractivity contribution in [3.63, 3.8) is 0 Å². The van der Waals surface area contributed by atoms with Gasteiger partial charge in [0, 0.05) is 29.7 Å². The van der Waals surface area contributed by atoms with Gasteiger partial charge in [0.25, 0.3) is 0 Å². The molecule has 3 aromatic rings. The van der Waals surface area contributed by atoms with Crippen molar-refractivity contribution in [3.8, 4) is 11.5 Å². The molecule has 0 aliphatic rings. The van der Waals surface area contributed by atoms with Crippen molar-refractivity contribution in [2.45, 2.75) is 13.8 Å². The number of hydrogen-bond acceptors (Lipinski definition) is 3. The maximum Gasteiger partial charge on any atom is 0.168 e. The topological polar surface area (TPSA) is 40.5 Å². The first-order valence-corrected chi connectivity index (χ1v) is 8.46. The van der Waals surface area contributed by atoms with E-state index < -0.39 is 0 Å². The molecule has 2 aromatic carbocycles. The second-order valence-corrected chi connectivity index (χ2v) is 6.36. The molecular formula is C22H23NO3. The molecule has 3 rings (SSSR count). The minimum Gasteiger partial charge on any atom is -0.493 e. The third-order valence-corrected chi connectivity index (χ3v) is 4.57. The minimum absolute atomic E-state index is 0.0163. The third-order valence-electron chi connectivity index (χ3n) is 4.57. The van der Waals surface area contributed by atoms with Crippen molar-refractivity contribution in [1.29, 1.82) is 0 Å². The number of carbonyl (C=O) groups is 1. The number of aromatic nitrogens is 1. The lowest BCUT2D eigenvalue weighted by Gasteiger charge is -2.18. The first kappa shape index (κ1) is 17.8. The Morgan fingerprint density at radius 2 is 1.85 bits per heavy atom. The van der Waals surface area contributed by atoms with Gasteiger partial charge in [-0.1, -0.05) is 12.1 Å². The molecule has 4 heteroatoms. The molecule has 0 fully saturated rings. The molecule has 134 valence electrons. The van der Waals surface area contributed by atoms with Crippen LogP contribution in [0.5, 0.6) is 11.5 Å². The molecule has 26 heavy (non-hydrogen) atoms. The van der Waals surface area contributed by atoms with Crippen LogP contribution in [0.25, 0.3) is 16.5 Å². The van der Waals surface area contributed by atoms with Crippen LogP contribution in [0, 0.1) is 6.92 Å². The molecule has 0 aliphatic carbocycles. The van der Waals surface area contributed by atoms with Crippen molar-refractivity contribution < 1.29 is 14.3 Å². The van der Waals surface area contributed by atoms with Gasteiger partial charge in [-0.25, -0.2) is 0 Å². The highest BCUT2D eigenvalue weighted by atomic mass is 16.5. The van der Waals surface area contributed by atoms with Gasteiger partial charge in [0.2, 0.25) is 0 Å². The fourth-order valence-electron chi connectivity index (χ4n) is 3.31. The summed E-state index contributed by atoms with van der Waals surface area (Å²) < 4.78 is 13.2. The van der Waals surface area contributed by atoms with Gasteiger partial charge in [0.1, 0.15) is 0 Å². The van der Waals surface area contributed by atoms with Crippen molar-refractivity contribution in [3.05, 3.63) is 65.4 Å². The molecule has 0 saturated heterocycles. The number of ketones is 1. The van der Waals surface area contributed by atoms with Gasteiger partial charge in [-0.3, -0.25) is 4.79 Å². The Morgan fingerprint density at radius 3 is 2.50 bits per heavy atom. The van der Waals surface area contributed by atoms with E-state index in [-0.39, 0.29) is 5.78 Å². The number of methoxy groups -OCH3 is 2. The Hall–Kier alpha value is -3.01. The second-order valence-electron chi connectivity index (χ2n) is 6.36. The van der Waals surface area contributed by atoms with Gasteiger partial charge < -0.3 is 14.0 Å². The summed E-state index contributed by atoms with van der Waals surface area (Å²) in [5, 5.41) is 1.12. The van der Waals surface area contributed by atoms with Crippen LogP contribution in [0.4, 0.5) is 0 Å². The Labute approximate surface area is 153 Å². The Bertz CT molecular complexity index is 1010. The average Bonchev–Trinajstić information content (AvgIpc) is 3.00. The second kappa shape index (κ2) is 7.08. The van der Waals surface area contributed by atoms with Crippen LogP contribution < -0.4 is 9.47 Å². The van der Waals surface area contributed by atoms with E-state index in [1.54, 1.807) is 27.2 Å². The van der Waals surface area contributed by atoms with Crippen LogP contribution in [0.2, 0.25) is 0 Å². The Morgan fingerprint density at radius 1 is 1.08 bits per heavy atom. The van der Waals surface area contributed by atoms with Gasteiger partial charge in [0.15, 0.2) is 17.3 Å². The largest absolute Gasteiger partial charge is 0.493 e. The molecular weight excluding hydrogens is 326 g/mol. The summed E-state index contributed by atoms with van der Waals surface area (Å²) in [7, 11) is 5.25. The molecule has 0 N–H and O–H groups in total. The summed E-state index contributed by atoms with van der Waals surface area (Å²) in [6, 6.07) is 12.1. The molecule has 0 spiro atoms. The van der Waals surface area contributed by atoms with Gasteiger partial charge in [-0.05, 0) is 60.9 Å². The number of hydrogen-bond donors (Lipinski definition) is 0. The number of fused-ring (bicyclic) bond motifs is 1. The number of nitrogens with zero attached hydrogens (tertiary/aromatic N) is 1. The van der Waals surface area contributed by atoms with Crippen molar-refractivity contribution >= 4 is 22.3 Å². The molecule has 0 atom stereocenters. The number of aryl methyl sites for hydroxylation is 2.